The highest BCUT2D eigenvalue weighted by Gasteiger charge is 2.38. The molecule has 3 heterocycles. The smallest absolute Gasteiger partial charge is 0.269 e. The van der Waals surface area contributed by atoms with E-state index < -0.39 is 0 Å². The number of anilines is 1. The molecule has 2 aromatic carbocycles. The Bertz CT molecular complexity index is 1220. The van der Waals surface area contributed by atoms with Crippen molar-refractivity contribution in [1.82, 2.24) is 9.88 Å². The van der Waals surface area contributed by atoms with Crippen LogP contribution in [0.2, 0.25) is 0 Å². The highest BCUT2D eigenvalue weighted by molar-refractivity contribution is 8.19. The molecule has 1 aromatic heterocycles. The van der Waals surface area contributed by atoms with Gasteiger partial charge in [0.05, 0.1) is 16.9 Å². The molecule has 0 unspecified atom stereocenters. The number of fused-ring (bicyclic) bond motifs is 2. The van der Waals surface area contributed by atoms with Gasteiger partial charge >= 0.3 is 0 Å². The number of para-hydroxylation sites is 1. The molecule has 5 nitrogen and oxygen atoms in total. The fourth-order valence-electron chi connectivity index (χ4n) is 3.66. The van der Waals surface area contributed by atoms with Crippen molar-refractivity contribution in [2.24, 2.45) is 4.99 Å². The van der Waals surface area contributed by atoms with Gasteiger partial charge in [0.15, 0.2) is 5.17 Å². The Morgan fingerprint density at radius 3 is 2.63 bits per heavy atom. The Labute approximate surface area is 183 Å². The van der Waals surface area contributed by atoms with E-state index in [-0.39, 0.29) is 5.91 Å². The fraction of sp³-hybridized carbons (Fsp3) is 0.174. The van der Waals surface area contributed by atoms with Crippen LogP contribution in [0.4, 0.5) is 11.4 Å². The molecule has 7 heteroatoms. The Morgan fingerprint density at radius 1 is 0.967 bits per heavy atom. The van der Waals surface area contributed by atoms with Crippen LogP contribution in [0.1, 0.15) is 13.8 Å². The van der Waals surface area contributed by atoms with Gasteiger partial charge in [-0.05, 0) is 62.0 Å². The molecule has 2 aliphatic heterocycles. The van der Waals surface area contributed by atoms with Crippen molar-refractivity contribution in [2.45, 2.75) is 18.7 Å². The standard InChI is InChI=1S/C23H20N4OS2/c1-3-26-18-9-5-6-10-19(18)29-22(26)20-21(28)27(4-2)23(30-20)25-16-11-12-17-15(14-16)8-7-13-24-17/h5-14H,3-4H2,1-2H3. The van der Waals surface area contributed by atoms with Crippen molar-refractivity contribution in [3.8, 4) is 0 Å². The minimum absolute atomic E-state index is 0.0254. The molecule has 0 spiro atoms. The van der Waals surface area contributed by atoms with Crippen LogP contribution in [-0.4, -0.2) is 34.0 Å². The van der Waals surface area contributed by atoms with Crippen molar-refractivity contribution >= 4 is 56.9 Å². The molecule has 0 atom stereocenters. The van der Waals surface area contributed by atoms with Crippen LogP contribution >= 0.6 is 23.5 Å². The van der Waals surface area contributed by atoms with E-state index >= 15 is 0 Å². The summed E-state index contributed by atoms with van der Waals surface area (Å²) in [6.07, 6.45) is 1.79. The predicted molar refractivity (Wildman–Crippen MR) is 126 cm³/mol. The Kier molecular flexibility index (Phi) is 5.00. The lowest BCUT2D eigenvalue weighted by Gasteiger charge is -2.19. The molecule has 1 amide bonds. The van der Waals surface area contributed by atoms with E-state index in [0.29, 0.717) is 6.54 Å². The summed E-state index contributed by atoms with van der Waals surface area (Å²) < 4.78 is 0. The van der Waals surface area contributed by atoms with Crippen LogP contribution in [0.3, 0.4) is 0 Å². The molecule has 0 radical (unpaired) electrons. The second kappa shape index (κ2) is 7.81. The summed E-state index contributed by atoms with van der Waals surface area (Å²) in [5.74, 6) is 0.0254. The lowest BCUT2D eigenvalue weighted by Crippen LogP contribution is -2.29. The third kappa shape index (κ3) is 3.18. The van der Waals surface area contributed by atoms with Crippen LogP contribution < -0.4 is 4.90 Å². The summed E-state index contributed by atoms with van der Waals surface area (Å²) in [7, 11) is 0. The first-order chi connectivity index (χ1) is 14.7. The number of nitrogens with zero attached hydrogens (tertiary/aromatic N) is 4. The van der Waals surface area contributed by atoms with Crippen molar-refractivity contribution in [1.29, 1.82) is 0 Å². The number of aliphatic imine (C=N–C) groups is 1. The third-order valence-corrected chi connectivity index (χ3v) is 7.49. The minimum Gasteiger partial charge on any atom is -0.334 e. The average molecular weight is 433 g/mol. The van der Waals surface area contributed by atoms with E-state index in [1.54, 1.807) is 22.9 Å². The molecule has 1 fully saturated rings. The lowest BCUT2D eigenvalue weighted by molar-refractivity contribution is -0.122. The highest BCUT2D eigenvalue weighted by atomic mass is 32.2. The molecule has 5 rings (SSSR count). The summed E-state index contributed by atoms with van der Waals surface area (Å²) in [6, 6.07) is 18.2. The Balaban J connectivity index is 1.55. The summed E-state index contributed by atoms with van der Waals surface area (Å²) >= 11 is 3.13. The number of amides is 1. The number of benzene rings is 2. The van der Waals surface area contributed by atoms with Crippen molar-refractivity contribution in [3.63, 3.8) is 0 Å². The summed E-state index contributed by atoms with van der Waals surface area (Å²) in [6.45, 7) is 5.50. The normalized spacial score (nSPS) is 19.9. The third-order valence-electron chi connectivity index (χ3n) is 5.11. The van der Waals surface area contributed by atoms with Crippen LogP contribution in [-0.2, 0) is 4.79 Å². The minimum atomic E-state index is 0.0254. The number of hydrogen-bond acceptors (Lipinski definition) is 6. The van der Waals surface area contributed by atoms with Gasteiger partial charge in [-0.2, -0.15) is 0 Å². The number of thioether (sulfide) groups is 2. The van der Waals surface area contributed by atoms with Crippen LogP contribution in [0.15, 0.2) is 80.6 Å². The summed E-state index contributed by atoms with van der Waals surface area (Å²) in [5.41, 5.74) is 2.92. The average Bonchev–Trinajstić information content (AvgIpc) is 3.30. The van der Waals surface area contributed by atoms with Crippen molar-refractivity contribution in [2.75, 3.05) is 18.0 Å². The highest BCUT2D eigenvalue weighted by Crippen LogP contribution is 2.50. The van der Waals surface area contributed by atoms with Gasteiger partial charge in [-0.15, -0.1) is 0 Å². The van der Waals surface area contributed by atoms with Gasteiger partial charge in [-0.1, -0.05) is 30.0 Å². The van der Waals surface area contributed by atoms with E-state index in [1.807, 2.05) is 49.4 Å². The second-order valence-electron chi connectivity index (χ2n) is 6.87. The van der Waals surface area contributed by atoms with Gasteiger partial charge < -0.3 is 4.90 Å². The molecule has 0 saturated carbocycles. The Morgan fingerprint density at radius 2 is 1.80 bits per heavy atom. The number of likely N-dealkylation sites (N-methyl/N-ethyl adjacent to an activating group) is 1. The number of carbonyl (C=O) groups excluding carboxylic acids is 1. The SMILES string of the molecule is CCN1C(=O)C(=C2Sc3ccccc3N2CC)SC1=Nc1ccc2ncccc2c1. The maximum absolute atomic E-state index is 13.3. The van der Waals surface area contributed by atoms with Crippen LogP contribution in [0, 0.1) is 0 Å². The molecule has 150 valence electrons. The largest absolute Gasteiger partial charge is 0.334 e. The van der Waals surface area contributed by atoms with Gasteiger partial charge in [0, 0.05) is 29.6 Å². The molecule has 3 aromatic rings. The topological polar surface area (TPSA) is 48.8 Å². The molecule has 30 heavy (non-hydrogen) atoms. The maximum Gasteiger partial charge on any atom is 0.269 e. The van der Waals surface area contributed by atoms with Gasteiger partial charge in [-0.25, -0.2) is 4.99 Å². The van der Waals surface area contributed by atoms with Crippen molar-refractivity contribution < 1.29 is 4.79 Å². The zero-order valence-corrected chi connectivity index (χ0v) is 18.3. The number of pyridine rings is 1. The first-order valence-electron chi connectivity index (χ1n) is 9.91. The monoisotopic (exact) mass is 432 g/mol. The van der Waals surface area contributed by atoms with Crippen LogP contribution in [0.25, 0.3) is 10.9 Å². The number of carbonyl (C=O) groups is 1. The molecular weight excluding hydrogens is 412 g/mol. The van der Waals surface area contributed by atoms with E-state index in [0.717, 1.165) is 43.9 Å². The number of hydrogen-bond donors (Lipinski definition) is 0. The molecule has 1 saturated heterocycles. The fourth-order valence-corrected chi connectivity index (χ4v) is 6.11. The van der Waals surface area contributed by atoms with Gasteiger partial charge in [0.25, 0.3) is 5.91 Å². The number of amidine groups is 1. The quantitative estimate of drug-likeness (QED) is 0.503. The van der Waals surface area contributed by atoms with Gasteiger partial charge in [0.2, 0.25) is 0 Å². The Hall–Kier alpha value is -2.77. The molecule has 2 aliphatic rings. The molecule has 0 N–H and O–H groups in total. The zero-order valence-electron chi connectivity index (χ0n) is 16.7. The second-order valence-corrected chi connectivity index (χ2v) is 8.88. The van der Waals surface area contributed by atoms with Gasteiger partial charge in [0.1, 0.15) is 9.93 Å². The molecule has 0 aliphatic carbocycles. The number of aromatic nitrogens is 1. The predicted octanol–water partition coefficient (Wildman–Crippen LogP) is 5.62. The maximum atomic E-state index is 13.3. The first kappa shape index (κ1) is 19.2. The molecule has 0 bridgehead atoms. The summed E-state index contributed by atoms with van der Waals surface area (Å²) in [5, 5.41) is 2.76. The first-order valence-corrected chi connectivity index (χ1v) is 11.5. The van der Waals surface area contributed by atoms with Gasteiger partial charge in [-0.3, -0.25) is 14.7 Å². The number of rotatable bonds is 3. The van der Waals surface area contributed by atoms with Crippen molar-refractivity contribution in [3.05, 3.63) is 70.7 Å². The molecular formula is C23H20N4OS2. The lowest BCUT2D eigenvalue weighted by atomic mass is 10.2. The zero-order chi connectivity index (χ0) is 20.7. The summed E-state index contributed by atoms with van der Waals surface area (Å²) in [4.78, 5) is 28.4. The van der Waals surface area contributed by atoms with E-state index in [9.17, 15) is 4.79 Å². The van der Waals surface area contributed by atoms with E-state index in [2.05, 4.69) is 28.9 Å². The van der Waals surface area contributed by atoms with Crippen LogP contribution in [0.5, 0.6) is 0 Å². The van der Waals surface area contributed by atoms with E-state index in [4.69, 9.17) is 4.99 Å². The van der Waals surface area contributed by atoms with E-state index in [1.165, 1.54) is 16.7 Å².